The van der Waals surface area contributed by atoms with Gasteiger partial charge in [-0.1, -0.05) is 33.1 Å². The molecular formula is C22H36BNO4. The van der Waals surface area contributed by atoms with E-state index in [1.165, 1.54) is 6.42 Å². The normalized spacial score (nSPS) is 48.2. The number of hydrogen-bond acceptors (Lipinski definition) is 4. The Kier molecular flexibility index (Phi) is 4.30. The van der Waals surface area contributed by atoms with Gasteiger partial charge in [-0.2, -0.15) is 0 Å². The van der Waals surface area contributed by atoms with Crippen LogP contribution in [0.25, 0.3) is 0 Å². The van der Waals surface area contributed by atoms with E-state index in [-0.39, 0.29) is 24.2 Å². The van der Waals surface area contributed by atoms with Crippen molar-refractivity contribution in [1.29, 1.82) is 0 Å². The Morgan fingerprint density at radius 3 is 2.75 bits per heavy atom. The lowest BCUT2D eigenvalue weighted by atomic mass is 9.43. The molecular weight excluding hydrogens is 353 g/mol. The molecule has 2 heterocycles. The van der Waals surface area contributed by atoms with Crippen molar-refractivity contribution in [2.24, 2.45) is 22.7 Å². The molecule has 156 valence electrons. The SMILES string of the molecule is CC1(C)[C@@H]2C[C@H]3OB(CCCC[C@@]45CCC[C@]4(C(=O)O)NCC5)O[C@@]3(C)[C@H]1C2. The number of hydrogen-bond donors (Lipinski definition) is 2. The van der Waals surface area contributed by atoms with Gasteiger partial charge in [0.1, 0.15) is 5.54 Å². The molecule has 2 N–H and O–H groups in total. The van der Waals surface area contributed by atoms with Crippen LogP contribution in [0.3, 0.4) is 0 Å². The minimum atomic E-state index is -0.664. The standard InChI is InChI=1S/C22H36BNO4/c1-19(2)15-13-16(19)20(3)17(14-15)27-23(28-20)11-5-4-7-21-8-6-9-22(21,18(25)26)24-12-10-21/h15-17,24H,4-14H2,1-3H3,(H,25,26)/t15-,16-,17+,20-,21-,22+/m0/s1. The largest absolute Gasteiger partial charge is 0.480 e. The molecule has 28 heavy (non-hydrogen) atoms. The van der Waals surface area contributed by atoms with Crippen LogP contribution in [0.1, 0.15) is 78.6 Å². The number of nitrogens with one attached hydrogen (secondary N) is 1. The fourth-order valence-corrected chi connectivity index (χ4v) is 8.02. The van der Waals surface area contributed by atoms with Gasteiger partial charge in [0.25, 0.3) is 0 Å². The van der Waals surface area contributed by atoms with E-state index < -0.39 is 11.5 Å². The van der Waals surface area contributed by atoms with Crippen LogP contribution >= 0.6 is 0 Å². The van der Waals surface area contributed by atoms with Crippen molar-refractivity contribution in [2.45, 2.75) is 102 Å². The van der Waals surface area contributed by atoms with Crippen LogP contribution in [-0.4, -0.2) is 42.0 Å². The third-order valence-electron chi connectivity index (χ3n) is 9.85. The molecule has 0 spiro atoms. The summed E-state index contributed by atoms with van der Waals surface area (Å²) in [6.45, 7) is 7.92. The highest BCUT2D eigenvalue weighted by Crippen LogP contribution is 2.66. The van der Waals surface area contributed by atoms with Gasteiger partial charge in [-0.3, -0.25) is 4.79 Å². The Bertz CT molecular complexity index is 657. The minimum absolute atomic E-state index is 0.0402. The Morgan fingerprint density at radius 2 is 2.00 bits per heavy atom. The second-order valence-electron chi connectivity index (χ2n) is 11.2. The lowest BCUT2D eigenvalue weighted by molar-refractivity contribution is -0.199. The fraction of sp³-hybridized carbons (Fsp3) is 0.955. The number of carboxylic acids is 1. The summed E-state index contributed by atoms with van der Waals surface area (Å²) in [5.41, 5.74) is -0.425. The van der Waals surface area contributed by atoms with Crippen LogP contribution in [0.5, 0.6) is 0 Å². The maximum atomic E-state index is 12.0. The fourth-order valence-electron chi connectivity index (χ4n) is 8.02. The first kappa shape index (κ1) is 19.4. The lowest BCUT2D eigenvalue weighted by Crippen LogP contribution is -2.65. The Hall–Kier alpha value is -0.585. The first-order valence-corrected chi connectivity index (χ1v) is 11.6. The Balaban J connectivity index is 1.16. The monoisotopic (exact) mass is 389 g/mol. The maximum Gasteiger partial charge on any atom is 0.457 e. The molecule has 0 aromatic heterocycles. The third kappa shape index (κ3) is 2.40. The summed E-state index contributed by atoms with van der Waals surface area (Å²) >= 11 is 0. The molecule has 6 heteroatoms. The van der Waals surface area contributed by atoms with Crippen molar-refractivity contribution in [2.75, 3.05) is 6.54 Å². The summed E-state index contributed by atoms with van der Waals surface area (Å²) < 4.78 is 12.9. The van der Waals surface area contributed by atoms with Crippen LogP contribution < -0.4 is 5.32 Å². The summed E-state index contributed by atoms with van der Waals surface area (Å²) in [5, 5.41) is 13.2. The van der Waals surface area contributed by atoms with E-state index in [1.807, 2.05) is 0 Å². The first-order valence-electron chi connectivity index (χ1n) is 11.6. The second kappa shape index (κ2) is 6.21. The van der Waals surface area contributed by atoms with Crippen LogP contribution in [-0.2, 0) is 14.1 Å². The highest BCUT2D eigenvalue weighted by molar-refractivity contribution is 6.45. The summed E-state index contributed by atoms with van der Waals surface area (Å²) in [7, 11) is -0.0721. The van der Waals surface area contributed by atoms with E-state index in [9.17, 15) is 9.90 Å². The molecule has 2 bridgehead atoms. The predicted octanol–water partition coefficient (Wildman–Crippen LogP) is 3.87. The number of rotatable bonds is 6. The average Bonchev–Trinajstić information content (AvgIpc) is 3.26. The van der Waals surface area contributed by atoms with Crippen molar-refractivity contribution < 1.29 is 19.2 Å². The lowest BCUT2D eigenvalue weighted by Gasteiger charge is -2.64. The van der Waals surface area contributed by atoms with Gasteiger partial charge < -0.3 is 19.7 Å². The molecule has 0 amide bonds. The van der Waals surface area contributed by atoms with E-state index in [0.29, 0.717) is 11.3 Å². The average molecular weight is 389 g/mol. The number of carbonyl (C=O) groups is 1. The van der Waals surface area contributed by atoms with Crippen molar-refractivity contribution in [1.82, 2.24) is 5.32 Å². The number of carboxylic acid groups (broad SMARTS) is 1. The Morgan fingerprint density at radius 1 is 1.18 bits per heavy atom. The van der Waals surface area contributed by atoms with Gasteiger partial charge in [-0.15, -0.1) is 0 Å². The third-order valence-corrected chi connectivity index (χ3v) is 9.85. The Labute approximate surface area is 169 Å². The molecule has 6 rings (SSSR count). The molecule has 0 radical (unpaired) electrons. The smallest absolute Gasteiger partial charge is 0.457 e. The molecule has 4 aliphatic carbocycles. The molecule has 6 atom stereocenters. The molecule has 2 saturated heterocycles. The van der Waals surface area contributed by atoms with Crippen molar-refractivity contribution in [3.05, 3.63) is 0 Å². The highest BCUT2D eigenvalue weighted by atomic mass is 16.7. The topological polar surface area (TPSA) is 67.8 Å². The number of unbranched alkanes of at least 4 members (excludes halogenated alkanes) is 1. The number of fused-ring (bicyclic) bond motifs is 1. The van der Waals surface area contributed by atoms with Crippen LogP contribution in [0, 0.1) is 22.7 Å². The molecule has 0 aromatic carbocycles. The van der Waals surface area contributed by atoms with E-state index in [0.717, 1.165) is 70.1 Å². The predicted molar refractivity (Wildman–Crippen MR) is 108 cm³/mol. The van der Waals surface area contributed by atoms with Crippen LogP contribution in [0.15, 0.2) is 0 Å². The highest BCUT2D eigenvalue weighted by Gasteiger charge is 2.67. The van der Waals surface area contributed by atoms with Gasteiger partial charge in [-0.25, -0.2) is 0 Å². The molecule has 4 saturated carbocycles. The number of aliphatic carboxylic acids is 1. The van der Waals surface area contributed by atoms with Gasteiger partial charge in [0.2, 0.25) is 0 Å². The van der Waals surface area contributed by atoms with Gasteiger partial charge in [0, 0.05) is 5.41 Å². The zero-order valence-electron chi connectivity index (χ0n) is 17.8. The van der Waals surface area contributed by atoms with E-state index in [1.54, 1.807) is 0 Å². The summed E-state index contributed by atoms with van der Waals surface area (Å²) in [6.07, 6.45) is 10.7. The maximum absolute atomic E-state index is 12.0. The molecule has 5 nitrogen and oxygen atoms in total. The van der Waals surface area contributed by atoms with Crippen LogP contribution in [0.4, 0.5) is 0 Å². The molecule has 0 unspecified atom stereocenters. The zero-order chi connectivity index (χ0) is 19.8. The zero-order valence-corrected chi connectivity index (χ0v) is 17.8. The summed E-state index contributed by atoms with van der Waals surface area (Å²) in [5.74, 6) is 0.772. The van der Waals surface area contributed by atoms with Gasteiger partial charge >= 0.3 is 13.1 Å². The van der Waals surface area contributed by atoms with Crippen molar-refractivity contribution in [3.8, 4) is 0 Å². The van der Waals surface area contributed by atoms with Gasteiger partial charge in [0.05, 0.1) is 11.7 Å². The van der Waals surface area contributed by atoms with Crippen LogP contribution in [0.2, 0.25) is 6.32 Å². The first-order chi connectivity index (χ1) is 13.2. The van der Waals surface area contributed by atoms with E-state index >= 15 is 0 Å². The molecule has 6 aliphatic rings. The van der Waals surface area contributed by atoms with Gasteiger partial charge in [0.15, 0.2) is 0 Å². The van der Waals surface area contributed by atoms with Gasteiger partial charge in [-0.05, 0) is 75.6 Å². The van der Waals surface area contributed by atoms with Crippen molar-refractivity contribution in [3.63, 3.8) is 0 Å². The van der Waals surface area contributed by atoms with E-state index in [4.69, 9.17) is 9.31 Å². The minimum Gasteiger partial charge on any atom is -0.480 e. The second-order valence-corrected chi connectivity index (χ2v) is 11.2. The van der Waals surface area contributed by atoms with E-state index in [2.05, 4.69) is 26.1 Å². The molecule has 0 aromatic rings. The molecule has 2 aliphatic heterocycles. The summed E-state index contributed by atoms with van der Waals surface area (Å²) in [6, 6.07) is 0. The van der Waals surface area contributed by atoms with Crippen molar-refractivity contribution >= 4 is 13.1 Å². The summed E-state index contributed by atoms with van der Waals surface area (Å²) in [4.78, 5) is 12.0. The quantitative estimate of drug-likeness (QED) is 0.533. The molecule has 6 fully saturated rings.